The second-order valence-electron chi connectivity index (χ2n) is 4.14. The van der Waals surface area contributed by atoms with Gasteiger partial charge in [0.1, 0.15) is 12.4 Å². The van der Waals surface area contributed by atoms with Crippen LogP contribution >= 0.6 is 0 Å². The summed E-state index contributed by atoms with van der Waals surface area (Å²) in [6.45, 7) is 4.45. The van der Waals surface area contributed by atoms with Gasteiger partial charge in [-0.05, 0) is 37.6 Å². The summed E-state index contributed by atoms with van der Waals surface area (Å²) >= 11 is 0. The molecule has 0 aliphatic carbocycles. The van der Waals surface area contributed by atoms with Gasteiger partial charge in [-0.1, -0.05) is 12.1 Å². The Hall–Kier alpha value is -2.03. The third-order valence-corrected chi connectivity index (χ3v) is 2.53. The van der Waals surface area contributed by atoms with Crippen LogP contribution in [0.4, 0.5) is 5.69 Å². The molecule has 88 valence electrons. The van der Waals surface area contributed by atoms with Gasteiger partial charge in [-0.15, -0.1) is 0 Å². The Balaban J connectivity index is 2.04. The van der Waals surface area contributed by atoms with Crippen molar-refractivity contribution in [2.24, 2.45) is 0 Å². The zero-order valence-electron chi connectivity index (χ0n) is 10.1. The maximum absolute atomic E-state index is 5.87. The summed E-state index contributed by atoms with van der Waals surface area (Å²) in [5.74, 6) is 0.719. The van der Waals surface area contributed by atoms with Crippen LogP contribution < -0.4 is 10.5 Å². The number of nitrogens with two attached hydrogens (primary N) is 1. The van der Waals surface area contributed by atoms with Crippen molar-refractivity contribution in [2.45, 2.75) is 20.5 Å². The van der Waals surface area contributed by atoms with E-state index in [2.05, 4.69) is 4.98 Å². The van der Waals surface area contributed by atoms with Crippen LogP contribution in [0.2, 0.25) is 0 Å². The second kappa shape index (κ2) is 4.87. The van der Waals surface area contributed by atoms with Crippen molar-refractivity contribution in [3.63, 3.8) is 0 Å². The van der Waals surface area contributed by atoms with Crippen LogP contribution in [-0.4, -0.2) is 4.98 Å². The van der Waals surface area contributed by atoms with E-state index >= 15 is 0 Å². The number of aromatic nitrogens is 1. The lowest BCUT2D eigenvalue weighted by molar-refractivity contribution is 0.307. The minimum atomic E-state index is 0.487. The Morgan fingerprint density at radius 1 is 1.18 bits per heavy atom. The molecule has 2 N–H and O–H groups in total. The fourth-order valence-corrected chi connectivity index (χ4v) is 1.54. The number of hydrogen-bond acceptors (Lipinski definition) is 3. The first kappa shape index (κ1) is 11.5. The molecule has 1 heterocycles. The Labute approximate surface area is 101 Å². The molecule has 0 fully saturated rings. The van der Waals surface area contributed by atoms with Crippen molar-refractivity contribution in [1.82, 2.24) is 4.98 Å². The van der Waals surface area contributed by atoms with Crippen molar-refractivity contribution in [2.75, 3.05) is 5.73 Å². The molecule has 1 aromatic heterocycles. The summed E-state index contributed by atoms with van der Waals surface area (Å²) in [5.41, 5.74) is 9.71. The Bertz CT molecular complexity index is 506. The Morgan fingerprint density at radius 3 is 2.65 bits per heavy atom. The minimum absolute atomic E-state index is 0.487. The summed E-state index contributed by atoms with van der Waals surface area (Å²) in [6, 6.07) is 9.76. The number of nitrogen functional groups attached to an aromatic ring is 1. The lowest BCUT2D eigenvalue weighted by Crippen LogP contribution is -1.99. The number of ether oxygens (including phenoxy) is 1. The average molecular weight is 228 g/mol. The van der Waals surface area contributed by atoms with Gasteiger partial charge in [0.25, 0.3) is 0 Å². The maximum atomic E-state index is 5.87. The zero-order valence-corrected chi connectivity index (χ0v) is 10.1. The third kappa shape index (κ3) is 2.97. The molecular weight excluding hydrogens is 212 g/mol. The molecule has 0 aliphatic heterocycles. The van der Waals surface area contributed by atoms with E-state index in [4.69, 9.17) is 10.5 Å². The monoisotopic (exact) mass is 228 g/mol. The lowest BCUT2D eigenvalue weighted by atomic mass is 10.2. The summed E-state index contributed by atoms with van der Waals surface area (Å²) < 4.78 is 5.65. The SMILES string of the molecule is Cc1ccc(OCc2ccc(C)nc2)c(N)c1. The number of benzene rings is 1. The van der Waals surface area contributed by atoms with Gasteiger partial charge < -0.3 is 10.5 Å². The quantitative estimate of drug-likeness (QED) is 0.822. The molecule has 0 atom stereocenters. The number of hydrogen-bond donors (Lipinski definition) is 1. The van der Waals surface area contributed by atoms with Crippen LogP contribution in [0.25, 0.3) is 0 Å². The van der Waals surface area contributed by atoms with Crippen molar-refractivity contribution in [3.05, 3.63) is 53.3 Å². The van der Waals surface area contributed by atoms with Gasteiger partial charge >= 0.3 is 0 Å². The Kier molecular flexibility index (Phi) is 3.28. The highest BCUT2D eigenvalue weighted by Crippen LogP contribution is 2.23. The highest BCUT2D eigenvalue weighted by molar-refractivity contribution is 5.54. The van der Waals surface area contributed by atoms with Crippen LogP contribution in [-0.2, 0) is 6.61 Å². The van der Waals surface area contributed by atoms with E-state index in [9.17, 15) is 0 Å². The standard InChI is InChI=1S/C14H16N2O/c1-10-3-6-14(13(15)7-10)17-9-12-5-4-11(2)16-8-12/h3-8H,9,15H2,1-2H3. The van der Waals surface area contributed by atoms with E-state index in [0.717, 1.165) is 22.6 Å². The fraction of sp³-hybridized carbons (Fsp3) is 0.214. The Morgan fingerprint density at radius 2 is 2.00 bits per heavy atom. The normalized spacial score (nSPS) is 10.2. The van der Waals surface area contributed by atoms with Crippen molar-refractivity contribution < 1.29 is 4.74 Å². The number of pyridine rings is 1. The maximum Gasteiger partial charge on any atom is 0.142 e. The van der Waals surface area contributed by atoms with Gasteiger partial charge in [-0.25, -0.2) is 0 Å². The summed E-state index contributed by atoms with van der Waals surface area (Å²) in [5, 5.41) is 0. The largest absolute Gasteiger partial charge is 0.487 e. The van der Waals surface area contributed by atoms with E-state index in [0.29, 0.717) is 12.3 Å². The van der Waals surface area contributed by atoms with Gasteiger partial charge in [0, 0.05) is 17.5 Å². The smallest absolute Gasteiger partial charge is 0.142 e. The molecule has 0 radical (unpaired) electrons. The highest BCUT2D eigenvalue weighted by Gasteiger charge is 2.01. The van der Waals surface area contributed by atoms with Crippen molar-refractivity contribution in [1.29, 1.82) is 0 Å². The van der Waals surface area contributed by atoms with Gasteiger partial charge in [-0.3, -0.25) is 4.98 Å². The first-order valence-corrected chi connectivity index (χ1v) is 5.55. The van der Waals surface area contributed by atoms with E-state index < -0.39 is 0 Å². The molecule has 2 aromatic rings. The summed E-state index contributed by atoms with van der Waals surface area (Å²) in [4.78, 5) is 4.22. The molecule has 0 amide bonds. The molecule has 0 saturated heterocycles. The summed E-state index contributed by atoms with van der Waals surface area (Å²) in [7, 11) is 0. The lowest BCUT2D eigenvalue weighted by Gasteiger charge is -2.09. The predicted octanol–water partition coefficient (Wildman–Crippen LogP) is 2.86. The van der Waals surface area contributed by atoms with Gasteiger partial charge in [0.05, 0.1) is 5.69 Å². The molecule has 1 aromatic carbocycles. The van der Waals surface area contributed by atoms with Gasteiger partial charge in [0.15, 0.2) is 0 Å². The zero-order chi connectivity index (χ0) is 12.3. The van der Waals surface area contributed by atoms with E-state index in [1.54, 1.807) is 0 Å². The van der Waals surface area contributed by atoms with Crippen LogP contribution in [0.1, 0.15) is 16.8 Å². The van der Waals surface area contributed by atoms with Crippen LogP contribution in [0.3, 0.4) is 0 Å². The first-order chi connectivity index (χ1) is 8.15. The number of anilines is 1. The van der Waals surface area contributed by atoms with Crippen molar-refractivity contribution >= 4 is 5.69 Å². The molecule has 17 heavy (non-hydrogen) atoms. The average Bonchev–Trinajstić information content (AvgIpc) is 2.30. The molecule has 0 bridgehead atoms. The molecule has 0 unspecified atom stereocenters. The molecule has 0 aliphatic rings. The third-order valence-electron chi connectivity index (χ3n) is 2.53. The molecule has 3 heteroatoms. The van der Waals surface area contributed by atoms with Crippen LogP contribution in [0, 0.1) is 13.8 Å². The van der Waals surface area contributed by atoms with Crippen molar-refractivity contribution in [3.8, 4) is 5.75 Å². The fourth-order valence-electron chi connectivity index (χ4n) is 1.54. The first-order valence-electron chi connectivity index (χ1n) is 5.55. The molecule has 0 spiro atoms. The number of rotatable bonds is 3. The molecular formula is C14H16N2O. The second-order valence-corrected chi connectivity index (χ2v) is 4.14. The number of aryl methyl sites for hydroxylation is 2. The van der Waals surface area contributed by atoms with Crippen LogP contribution in [0.5, 0.6) is 5.75 Å². The summed E-state index contributed by atoms with van der Waals surface area (Å²) in [6.07, 6.45) is 1.82. The number of nitrogens with zero attached hydrogens (tertiary/aromatic N) is 1. The molecule has 3 nitrogen and oxygen atoms in total. The predicted molar refractivity (Wildman–Crippen MR) is 68.9 cm³/mol. The van der Waals surface area contributed by atoms with Gasteiger partial charge in [0.2, 0.25) is 0 Å². The van der Waals surface area contributed by atoms with Crippen LogP contribution in [0.15, 0.2) is 36.5 Å². The van der Waals surface area contributed by atoms with E-state index in [1.165, 1.54) is 0 Å². The van der Waals surface area contributed by atoms with Gasteiger partial charge in [-0.2, -0.15) is 0 Å². The molecule has 0 saturated carbocycles. The minimum Gasteiger partial charge on any atom is -0.487 e. The molecule has 2 rings (SSSR count). The topological polar surface area (TPSA) is 48.1 Å². The highest BCUT2D eigenvalue weighted by atomic mass is 16.5. The van der Waals surface area contributed by atoms with E-state index in [-0.39, 0.29) is 0 Å². The van der Waals surface area contributed by atoms with E-state index in [1.807, 2.05) is 50.4 Å².